The summed E-state index contributed by atoms with van der Waals surface area (Å²) in [5, 5.41) is 7.68. The number of aryl methyl sites for hydroxylation is 1. The minimum absolute atomic E-state index is 0. The maximum absolute atomic E-state index is 11.7. The van der Waals surface area contributed by atoms with Crippen molar-refractivity contribution in [2.75, 3.05) is 33.7 Å². The zero-order chi connectivity index (χ0) is 17.1. The van der Waals surface area contributed by atoms with E-state index in [4.69, 9.17) is 0 Å². The second kappa shape index (κ2) is 13.4. The molecule has 1 heterocycles. The lowest BCUT2D eigenvalue weighted by Gasteiger charge is -2.13. The smallest absolute Gasteiger partial charge is 0.243 e. The predicted octanol–water partition coefficient (Wildman–Crippen LogP) is 2.29. The molecule has 0 bridgehead atoms. The Hall–Kier alpha value is -0.900. The van der Waals surface area contributed by atoms with Crippen molar-refractivity contribution < 1.29 is 4.79 Å². The first-order chi connectivity index (χ1) is 11.1. The summed E-state index contributed by atoms with van der Waals surface area (Å²) < 4.78 is 0. The van der Waals surface area contributed by atoms with E-state index in [0.29, 0.717) is 5.96 Å². The van der Waals surface area contributed by atoms with Gasteiger partial charge in [0.05, 0.1) is 5.01 Å². The van der Waals surface area contributed by atoms with Crippen molar-refractivity contribution in [3.63, 3.8) is 0 Å². The summed E-state index contributed by atoms with van der Waals surface area (Å²) in [6.45, 7) is 6.06. The summed E-state index contributed by atoms with van der Waals surface area (Å²) in [6.07, 6.45) is 6.04. The monoisotopic (exact) mass is 467 g/mol. The van der Waals surface area contributed by atoms with Crippen LogP contribution in [0, 0.1) is 0 Å². The van der Waals surface area contributed by atoms with Crippen molar-refractivity contribution in [2.24, 2.45) is 4.99 Å². The third-order valence-corrected chi connectivity index (χ3v) is 4.48. The molecule has 8 heteroatoms. The Morgan fingerprint density at radius 2 is 2.00 bits per heavy atom. The maximum Gasteiger partial charge on any atom is 0.243 e. The van der Waals surface area contributed by atoms with Crippen molar-refractivity contribution in [3.05, 3.63) is 16.1 Å². The number of amides is 1. The Labute approximate surface area is 166 Å². The Balaban J connectivity index is 0.00000529. The molecule has 0 unspecified atom stereocenters. The molecule has 2 N–H and O–H groups in total. The van der Waals surface area contributed by atoms with Crippen molar-refractivity contribution in [1.82, 2.24) is 20.5 Å². The van der Waals surface area contributed by atoms with Crippen molar-refractivity contribution in [2.45, 2.75) is 39.5 Å². The summed E-state index contributed by atoms with van der Waals surface area (Å²) in [4.78, 5) is 23.3. The minimum Gasteiger partial charge on any atom is -0.356 e. The molecule has 0 saturated carbocycles. The number of carbonyl (C=O) groups excluding carboxylic acids is 1. The van der Waals surface area contributed by atoms with Gasteiger partial charge in [0, 0.05) is 44.7 Å². The second-order valence-corrected chi connectivity index (χ2v) is 6.68. The van der Waals surface area contributed by atoms with E-state index >= 15 is 0 Å². The predicted molar refractivity (Wildman–Crippen MR) is 113 cm³/mol. The largest absolute Gasteiger partial charge is 0.356 e. The highest BCUT2D eigenvalue weighted by Gasteiger charge is 2.05. The van der Waals surface area contributed by atoms with Gasteiger partial charge < -0.3 is 15.5 Å². The van der Waals surface area contributed by atoms with Crippen LogP contribution in [0.15, 0.2) is 11.2 Å². The van der Waals surface area contributed by atoms with Gasteiger partial charge in [-0.1, -0.05) is 20.3 Å². The van der Waals surface area contributed by atoms with Gasteiger partial charge in [-0.3, -0.25) is 4.79 Å². The molecule has 0 fully saturated rings. The molecule has 0 aliphatic heterocycles. The molecule has 1 aromatic heterocycles. The number of nitrogens with one attached hydrogen (secondary N) is 2. The van der Waals surface area contributed by atoms with E-state index in [9.17, 15) is 4.79 Å². The SMILES string of the molecule is CCCCNC(=NCC(=O)N(C)C)NCCc1ncc(CC)s1.I. The maximum atomic E-state index is 11.7. The van der Waals surface area contributed by atoms with E-state index in [2.05, 4.69) is 34.5 Å². The lowest BCUT2D eigenvalue weighted by atomic mass is 10.3. The molecule has 0 atom stereocenters. The zero-order valence-electron chi connectivity index (χ0n) is 15.1. The summed E-state index contributed by atoms with van der Waals surface area (Å²) in [7, 11) is 3.48. The van der Waals surface area contributed by atoms with E-state index in [1.807, 2.05) is 6.20 Å². The van der Waals surface area contributed by atoms with Crippen LogP contribution in [0.1, 0.15) is 36.6 Å². The van der Waals surface area contributed by atoms with Gasteiger partial charge in [-0.25, -0.2) is 9.98 Å². The molecule has 1 amide bonds. The van der Waals surface area contributed by atoms with Crippen LogP contribution in [-0.4, -0.2) is 55.5 Å². The van der Waals surface area contributed by atoms with Gasteiger partial charge in [0.15, 0.2) is 5.96 Å². The molecule has 24 heavy (non-hydrogen) atoms. The Morgan fingerprint density at radius 3 is 2.58 bits per heavy atom. The molecule has 1 aromatic rings. The Morgan fingerprint density at radius 1 is 1.29 bits per heavy atom. The van der Waals surface area contributed by atoms with Crippen molar-refractivity contribution >= 4 is 47.2 Å². The fourth-order valence-corrected chi connectivity index (χ4v) is 2.62. The van der Waals surface area contributed by atoms with Crippen molar-refractivity contribution in [1.29, 1.82) is 0 Å². The van der Waals surface area contributed by atoms with Crippen molar-refractivity contribution in [3.8, 4) is 0 Å². The van der Waals surface area contributed by atoms with Gasteiger partial charge >= 0.3 is 0 Å². The number of rotatable bonds is 9. The Kier molecular flexibility index (Phi) is 12.9. The number of aromatic nitrogens is 1. The highest BCUT2D eigenvalue weighted by Crippen LogP contribution is 2.13. The van der Waals surface area contributed by atoms with Gasteiger partial charge in [0.2, 0.25) is 5.91 Å². The average molecular weight is 467 g/mol. The van der Waals surface area contributed by atoms with Crippen LogP contribution >= 0.6 is 35.3 Å². The number of halogens is 1. The third-order valence-electron chi connectivity index (χ3n) is 3.28. The first-order valence-corrected chi connectivity index (χ1v) is 9.04. The molecule has 138 valence electrons. The average Bonchev–Trinajstić information content (AvgIpc) is 2.99. The highest BCUT2D eigenvalue weighted by atomic mass is 127. The molecule has 0 aromatic carbocycles. The summed E-state index contributed by atoms with van der Waals surface area (Å²) >= 11 is 1.76. The fourth-order valence-electron chi connectivity index (χ4n) is 1.76. The van der Waals surface area contributed by atoms with E-state index in [0.717, 1.165) is 43.8 Å². The van der Waals surface area contributed by atoms with E-state index in [-0.39, 0.29) is 36.4 Å². The number of hydrogen-bond donors (Lipinski definition) is 2. The number of nitrogens with zero attached hydrogens (tertiary/aromatic N) is 3. The minimum atomic E-state index is -0.00546. The van der Waals surface area contributed by atoms with E-state index < -0.39 is 0 Å². The topological polar surface area (TPSA) is 69.6 Å². The fraction of sp³-hybridized carbons (Fsp3) is 0.688. The summed E-state index contributed by atoms with van der Waals surface area (Å²) in [5.74, 6) is 0.690. The summed E-state index contributed by atoms with van der Waals surface area (Å²) in [6, 6.07) is 0. The molecule has 1 rings (SSSR count). The number of carbonyl (C=O) groups is 1. The normalized spacial score (nSPS) is 10.9. The van der Waals surface area contributed by atoms with Crippen LogP contribution in [0.25, 0.3) is 0 Å². The number of guanidine groups is 1. The van der Waals surface area contributed by atoms with Crippen LogP contribution < -0.4 is 10.6 Å². The second-order valence-electron chi connectivity index (χ2n) is 5.48. The van der Waals surface area contributed by atoms with Gasteiger partial charge in [0.25, 0.3) is 0 Å². The van der Waals surface area contributed by atoms with Gasteiger partial charge in [0.1, 0.15) is 6.54 Å². The zero-order valence-corrected chi connectivity index (χ0v) is 18.2. The molecule has 0 saturated heterocycles. The van der Waals surface area contributed by atoms with E-state index in [1.165, 1.54) is 4.88 Å². The van der Waals surface area contributed by atoms with Gasteiger partial charge in [-0.05, 0) is 12.8 Å². The first-order valence-electron chi connectivity index (χ1n) is 8.22. The molecular formula is C16H30IN5OS. The van der Waals surface area contributed by atoms with Crippen LogP contribution in [0.4, 0.5) is 0 Å². The molecule has 0 spiro atoms. The van der Waals surface area contributed by atoms with Crippen LogP contribution in [-0.2, 0) is 17.6 Å². The van der Waals surface area contributed by atoms with E-state index in [1.54, 1.807) is 30.3 Å². The first kappa shape index (κ1) is 23.1. The quantitative estimate of drug-likeness (QED) is 0.253. The van der Waals surface area contributed by atoms with Gasteiger partial charge in [-0.15, -0.1) is 35.3 Å². The number of unbranched alkanes of at least 4 members (excludes halogenated alkanes) is 1. The molecule has 0 radical (unpaired) electrons. The summed E-state index contributed by atoms with van der Waals surface area (Å²) in [5.41, 5.74) is 0. The van der Waals surface area contributed by atoms with Crippen LogP contribution in [0.5, 0.6) is 0 Å². The van der Waals surface area contributed by atoms with Crippen LogP contribution in [0.3, 0.4) is 0 Å². The highest BCUT2D eigenvalue weighted by molar-refractivity contribution is 14.0. The molecule has 0 aliphatic rings. The van der Waals surface area contributed by atoms with Crippen LogP contribution in [0.2, 0.25) is 0 Å². The Bertz CT molecular complexity index is 504. The standard InChI is InChI=1S/C16H29N5OS.HI/c1-5-7-9-17-16(20-12-15(22)21(3)4)18-10-8-14-19-11-13(6-2)23-14;/h11H,5-10,12H2,1-4H3,(H2,17,18,20);1H. The number of aliphatic imine (C=N–C) groups is 1. The lowest BCUT2D eigenvalue weighted by Crippen LogP contribution is -2.39. The number of likely N-dealkylation sites (N-methyl/N-ethyl adjacent to an activating group) is 1. The third kappa shape index (κ3) is 9.41. The number of thiazole rings is 1. The molecular weight excluding hydrogens is 437 g/mol. The van der Waals surface area contributed by atoms with Gasteiger partial charge in [-0.2, -0.15) is 0 Å². The lowest BCUT2D eigenvalue weighted by molar-refractivity contribution is -0.127. The molecule has 0 aliphatic carbocycles. The number of hydrogen-bond acceptors (Lipinski definition) is 4. The molecule has 6 nitrogen and oxygen atoms in total.